The van der Waals surface area contributed by atoms with Gasteiger partial charge in [-0.3, -0.25) is 0 Å². The summed E-state index contributed by atoms with van der Waals surface area (Å²) in [6.07, 6.45) is 3.65. The van der Waals surface area contributed by atoms with E-state index in [0.717, 1.165) is 25.7 Å². The topological polar surface area (TPSA) is 72.2 Å². The van der Waals surface area contributed by atoms with Crippen molar-refractivity contribution in [1.29, 1.82) is 0 Å². The van der Waals surface area contributed by atoms with Gasteiger partial charge >= 0.3 is 0 Å². The van der Waals surface area contributed by atoms with E-state index < -0.39 is 10.0 Å². The minimum Gasteiger partial charge on any atom is -0.326 e. The van der Waals surface area contributed by atoms with E-state index in [1.807, 2.05) is 13.8 Å². The Bertz CT molecular complexity index is 282. The molecule has 1 aliphatic carbocycles. The summed E-state index contributed by atoms with van der Waals surface area (Å²) in [6.45, 7) is 4.35. The molecule has 0 saturated heterocycles. The second-order valence-corrected chi connectivity index (χ2v) is 6.75. The first-order valence-corrected chi connectivity index (χ1v) is 7.22. The molecule has 1 aliphatic rings. The fourth-order valence-electron chi connectivity index (χ4n) is 1.76. The average Bonchev–Trinajstić information content (AvgIpc) is 2.67. The van der Waals surface area contributed by atoms with Gasteiger partial charge < -0.3 is 5.73 Å². The largest absolute Gasteiger partial charge is 0.326 e. The van der Waals surface area contributed by atoms with Crippen molar-refractivity contribution in [2.75, 3.05) is 6.54 Å². The van der Waals surface area contributed by atoms with Crippen molar-refractivity contribution >= 4 is 10.0 Å². The SMILES string of the molecule is CC(C)C(N)CNS(=O)(=O)C1CCCC1. The molecule has 0 radical (unpaired) electrons. The summed E-state index contributed by atoms with van der Waals surface area (Å²) in [6, 6.07) is -0.0961. The van der Waals surface area contributed by atoms with Crippen molar-refractivity contribution in [3.63, 3.8) is 0 Å². The predicted octanol–water partition coefficient (Wildman–Crippen LogP) is 0.832. The summed E-state index contributed by atoms with van der Waals surface area (Å²) in [5.41, 5.74) is 5.80. The van der Waals surface area contributed by atoms with E-state index in [-0.39, 0.29) is 11.3 Å². The van der Waals surface area contributed by atoms with Gasteiger partial charge in [0, 0.05) is 12.6 Å². The van der Waals surface area contributed by atoms with Gasteiger partial charge in [-0.2, -0.15) is 0 Å². The van der Waals surface area contributed by atoms with Crippen LogP contribution in [0.25, 0.3) is 0 Å². The van der Waals surface area contributed by atoms with Crippen LogP contribution in [-0.2, 0) is 10.0 Å². The summed E-state index contributed by atoms with van der Waals surface area (Å²) in [5, 5.41) is -0.183. The zero-order valence-corrected chi connectivity index (χ0v) is 10.4. The highest BCUT2D eigenvalue weighted by molar-refractivity contribution is 7.90. The summed E-state index contributed by atoms with van der Waals surface area (Å²) < 4.78 is 26.2. The lowest BCUT2D eigenvalue weighted by Crippen LogP contribution is -2.43. The minimum absolute atomic E-state index is 0.0961. The lowest BCUT2D eigenvalue weighted by atomic mass is 10.1. The van der Waals surface area contributed by atoms with Gasteiger partial charge in [-0.15, -0.1) is 0 Å². The molecular weight excluding hydrogens is 212 g/mol. The first-order chi connectivity index (χ1) is 6.93. The lowest BCUT2D eigenvalue weighted by Gasteiger charge is -2.18. The molecule has 1 rings (SSSR count). The Kier molecular flexibility index (Phi) is 4.55. The highest BCUT2D eigenvalue weighted by Crippen LogP contribution is 2.23. The van der Waals surface area contributed by atoms with Gasteiger partial charge in [-0.1, -0.05) is 26.7 Å². The maximum Gasteiger partial charge on any atom is 0.214 e. The molecule has 3 N–H and O–H groups in total. The molecule has 4 nitrogen and oxygen atoms in total. The van der Waals surface area contributed by atoms with E-state index in [4.69, 9.17) is 5.73 Å². The molecule has 5 heteroatoms. The molecule has 0 aromatic heterocycles. The lowest BCUT2D eigenvalue weighted by molar-refractivity contribution is 0.479. The van der Waals surface area contributed by atoms with Crippen LogP contribution in [0.3, 0.4) is 0 Å². The maximum absolute atomic E-state index is 11.8. The van der Waals surface area contributed by atoms with E-state index in [0.29, 0.717) is 12.5 Å². The van der Waals surface area contributed by atoms with E-state index >= 15 is 0 Å². The van der Waals surface area contributed by atoms with Crippen LogP contribution >= 0.6 is 0 Å². The van der Waals surface area contributed by atoms with Crippen LogP contribution in [0.1, 0.15) is 39.5 Å². The van der Waals surface area contributed by atoms with Crippen molar-refractivity contribution < 1.29 is 8.42 Å². The molecule has 0 heterocycles. The highest BCUT2D eigenvalue weighted by atomic mass is 32.2. The number of nitrogens with two attached hydrogens (primary N) is 1. The molecule has 15 heavy (non-hydrogen) atoms. The fourth-order valence-corrected chi connectivity index (χ4v) is 3.38. The normalized spacial score (nSPS) is 21.1. The summed E-state index contributed by atoms with van der Waals surface area (Å²) >= 11 is 0. The van der Waals surface area contributed by atoms with Crippen molar-refractivity contribution in [3.05, 3.63) is 0 Å². The van der Waals surface area contributed by atoms with Crippen molar-refractivity contribution in [2.24, 2.45) is 11.7 Å². The van der Waals surface area contributed by atoms with Gasteiger partial charge in [0.1, 0.15) is 0 Å². The quantitative estimate of drug-likeness (QED) is 0.740. The summed E-state index contributed by atoms with van der Waals surface area (Å²) in [7, 11) is -3.12. The summed E-state index contributed by atoms with van der Waals surface area (Å²) in [5.74, 6) is 0.302. The molecule has 0 amide bonds. The standard InChI is InChI=1S/C10H22N2O2S/c1-8(2)10(11)7-12-15(13,14)9-5-3-4-6-9/h8-10,12H,3-7,11H2,1-2H3. The molecule has 0 aromatic rings. The molecule has 0 aliphatic heterocycles. The number of hydrogen-bond acceptors (Lipinski definition) is 3. The fraction of sp³-hybridized carbons (Fsp3) is 1.00. The van der Waals surface area contributed by atoms with Crippen LogP contribution in [0.4, 0.5) is 0 Å². The smallest absolute Gasteiger partial charge is 0.214 e. The van der Waals surface area contributed by atoms with Crippen LogP contribution in [0.5, 0.6) is 0 Å². The van der Waals surface area contributed by atoms with Crippen molar-refractivity contribution in [2.45, 2.75) is 50.8 Å². The van der Waals surface area contributed by atoms with Gasteiger partial charge in [0.15, 0.2) is 0 Å². The van der Waals surface area contributed by atoms with Gasteiger partial charge in [0.2, 0.25) is 10.0 Å². The molecule has 1 atom stereocenters. The average molecular weight is 234 g/mol. The number of rotatable bonds is 5. The molecular formula is C10H22N2O2S. The minimum atomic E-state index is -3.12. The van der Waals surface area contributed by atoms with Crippen molar-refractivity contribution in [3.8, 4) is 0 Å². The molecule has 1 unspecified atom stereocenters. The molecule has 1 saturated carbocycles. The molecule has 90 valence electrons. The Morgan fingerprint density at radius 1 is 1.33 bits per heavy atom. The number of hydrogen-bond donors (Lipinski definition) is 2. The molecule has 0 bridgehead atoms. The van der Waals surface area contributed by atoms with E-state index in [1.165, 1.54) is 0 Å². The van der Waals surface area contributed by atoms with Crippen molar-refractivity contribution in [1.82, 2.24) is 4.72 Å². The third-order valence-corrected chi connectivity index (χ3v) is 5.04. The van der Waals surface area contributed by atoms with Gasteiger partial charge in [-0.25, -0.2) is 13.1 Å². The van der Waals surface area contributed by atoms with Gasteiger partial charge in [-0.05, 0) is 18.8 Å². The molecule has 1 fully saturated rings. The Labute approximate surface area is 92.7 Å². The maximum atomic E-state index is 11.8. The summed E-state index contributed by atoms with van der Waals surface area (Å²) in [4.78, 5) is 0. The van der Waals surface area contributed by atoms with Gasteiger partial charge in [0.25, 0.3) is 0 Å². The highest BCUT2D eigenvalue weighted by Gasteiger charge is 2.28. The van der Waals surface area contributed by atoms with Crippen LogP contribution in [-0.4, -0.2) is 26.3 Å². The van der Waals surface area contributed by atoms with Gasteiger partial charge in [0.05, 0.1) is 5.25 Å². The predicted molar refractivity (Wildman–Crippen MR) is 62.0 cm³/mol. The third kappa shape index (κ3) is 3.74. The zero-order chi connectivity index (χ0) is 11.5. The molecule has 0 spiro atoms. The Balaban J connectivity index is 2.42. The van der Waals surface area contributed by atoms with E-state index in [9.17, 15) is 8.42 Å². The van der Waals surface area contributed by atoms with E-state index in [1.54, 1.807) is 0 Å². The third-order valence-electron chi connectivity index (χ3n) is 3.12. The van der Waals surface area contributed by atoms with E-state index in [2.05, 4.69) is 4.72 Å². The first kappa shape index (κ1) is 12.9. The number of nitrogens with one attached hydrogen (secondary N) is 1. The Morgan fingerprint density at radius 3 is 2.33 bits per heavy atom. The second-order valence-electron chi connectivity index (χ2n) is 4.71. The second kappa shape index (κ2) is 5.27. The Hall–Kier alpha value is -0.130. The van der Waals surface area contributed by atoms with Crippen LogP contribution in [0, 0.1) is 5.92 Å². The van der Waals surface area contributed by atoms with Crippen LogP contribution in [0.15, 0.2) is 0 Å². The zero-order valence-electron chi connectivity index (χ0n) is 9.57. The first-order valence-electron chi connectivity index (χ1n) is 5.67. The Morgan fingerprint density at radius 2 is 1.87 bits per heavy atom. The van der Waals surface area contributed by atoms with Crippen LogP contribution in [0.2, 0.25) is 0 Å². The monoisotopic (exact) mass is 234 g/mol. The number of sulfonamides is 1. The molecule has 0 aromatic carbocycles. The van der Waals surface area contributed by atoms with Crippen LogP contribution < -0.4 is 10.5 Å².